The summed E-state index contributed by atoms with van der Waals surface area (Å²) in [4.78, 5) is 7.81. The Bertz CT molecular complexity index is 773. The highest BCUT2D eigenvalue weighted by atomic mass is 35.5. The Morgan fingerprint density at radius 1 is 1.41 bits per heavy atom. The van der Waals surface area contributed by atoms with E-state index in [2.05, 4.69) is 9.97 Å². The normalized spacial score (nSPS) is 28.1. The zero-order valence-electron chi connectivity index (χ0n) is 11.1. The van der Waals surface area contributed by atoms with Crippen molar-refractivity contribution in [1.82, 2.24) is 14.5 Å². The van der Waals surface area contributed by atoms with Gasteiger partial charge in [0.25, 0.3) is 0 Å². The standard InChI is InChI=1S/C12H12ClN5O4/c13-9-6-4(1-14)2-18(10(6)17-12(15)16-9)11-8(21)7(20)5(3-19)22-11/h2,5,7-8,11,19-21H,3H2,(H2,15,16,17)/t5-,7-,8+,11-/m1/s1. The maximum atomic E-state index is 10.1. The number of nitrogen functional groups attached to an aromatic ring is 1. The van der Waals surface area contributed by atoms with Crippen LogP contribution in [0.4, 0.5) is 5.95 Å². The van der Waals surface area contributed by atoms with E-state index in [1.165, 1.54) is 10.8 Å². The molecule has 3 rings (SSSR count). The fourth-order valence-corrected chi connectivity index (χ4v) is 2.78. The van der Waals surface area contributed by atoms with E-state index in [1.807, 2.05) is 6.07 Å². The summed E-state index contributed by atoms with van der Waals surface area (Å²) in [6.07, 6.45) is -3.19. The van der Waals surface area contributed by atoms with Gasteiger partial charge in [-0.15, -0.1) is 0 Å². The van der Waals surface area contributed by atoms with Gasteiger partial charge < -0.3 is 30.4 Å². The lowest BCUT2D eigenvalue weighted by atomic mass is 10.1. The van der Waals surface area contributed by atoms with E-state index in [1.54, 1.807) is 0 Å². The Labute approximate surface area is 129 Å². The van der Waals surface area contributed by atoms with E-state index in [-0.39, 0.29) is 27.7 Å². The molecular formula is C12H12ClN5O4. The number of fused-ring (bicyclic) bond motifs is 1. The molecule has 9 nitrogen and oxygen atoms in total. The number of hydrogen-bond donors (Lipinski definition) is 4. The van der Waals surface area contributed by atoms with E-state index in [9.17, 15) is 15.5 Å². The quantitative estimate of drug-likeness (QED) is 0.521. The molecule has 2 aromatic heterocycles. The predicted molar refractivity (Wildman–Crippen MR) is 74.7 cm³/mol. The van der Waals surface area contributed by atoms with Crippen molar-refractivity contribution in [3.8, 4) is 6.07 Å². The summed E-state index contributed by atoms with van der Waals surface area (Å²) >= 11 is 6.00. The van der Waals surface area contributed by atoms with Gasteiger partial charge in [0.15, 0.2) is 11.9 Å². The second-order valence-electron chi connectivity index (χ2n) is 4.86. The zero-order valence-corrected chi connectivity index (χ0v) is 11.8. The van der Waals surface area contributed by atoms with E-state index >= 15 is 0 Å². The van der Waals surface area contributed by atoms with Crippen LogP contribution in [-0.4, -0.2) is 54.8 Å². The molecule has 0 radical (unpaired) electrons. The monoisotopic (exact) mass is 325 g/mol. The van der Waals surface area contributed by atoms with Crippen molar-refractivity contribution >= 4 is 28.6 Å². The minimum Gasteiger partial charge on any atom is -0.394 e. The van der Waals surface area contributed by atoms with Crippen molar-refractivity contribution in [3.05, 3.63) is 16.9 Å². The van der Waals surface area contributed by atoms with Crippen LogP contribution in [0.2, 0.25) is 5.15 Å². The summed E-state index contributed by atoms with van der Waals surface area (Å²) in [5, 5.41) is 38.6. The number of aromatic nitrogens is 3. The zero-order chi connectivity index (χ0) is 16.0. The minimum atomic E-state index is -1.31. The molecule has 0 bridgehead atoms. The van der Waals surface area contributed by atoms with Crippen molar-refractivity contribution in [2.75, 3.05) is 12.3 Å². The Morgan fingerprint density at radius 3 is 2.73 bits per heavy atom. The van der Waals surface area contributed by atoms with Gasteiger partial charge in [0.05, 0.1) is 17.6 Å². The summed E-state index contributed by atoms with van der Waals surface area (Å²) < 4.78 is 6.77. The molecule has 0 unspecified atom stereocenters. The number of anilines is 1. The Morgan fingerprint density at radius 2 is 2.14 bits per heavy atom. The molecule has 1 fully saturated rings. The van der Waals surface area contributed by atoms with Gasteiger partial charge in [-0.1, -0.05) is 11.6 Å². The van der Waals surface area contributed by atoms with Crippen LogP contribution >= 0.6 is 11.6 Å². The first kappa shape index (κ1) is 15.0. The second-order valence-corrected chi connectivity index (χ2v) is 5.22. The topological polar surface area (TPSA) is 150 Å². The third-order valence-electron chi connectivity index (χ3n) is 3.56. The number of nitriles is 1. The molecule has 1 aliphatic heterocycles. The highest BCUT2D eigenvalue weighted by Crippen LogP contribution is 2.35. The minimum absolute atomic E-state index is 0.00421. The third kappa shape index (κ3) is 2.09. The Balaban J connectivity index is 2.18. The molecule has 0 aromatic carbocycles. The number of nitrogens with two attached hydrogens (primary N) is 1. The smallest absolute Gasteiger partial charge is 0.223 e. The van der Waals surface area contributed by atoms with Crippen LogP contribution in [0.5, 0.6) is 0 Å². The first-order valence-electron chi connectivity index (χ1n) is 6.34. The third-order valence-corrected chi connectivity index (χ3v) is 3.83. The fraction of sp³-hybridized carbons (Fsp3) is 0.417. The van der Waals surface area contributed by atoms with Crippen LogP contribution in [-0.2, 0) is 4.74 Å². The molecule has 2 aromatic rings. The molecule has 4 atom stereocenters. The Hall–Kier alpha value is -1.96. The molecular weight excluding hydrogens is 314 g/mol. The lowest BCUT2D eigenvalue weighted by molar-refractivity contribution is -0.0508. The summed E-state index contributed by atoms with van der Waals surface area (Å²) in [6, 6.07) is 1.95. The van der Waals surface area contributed by atoms with Crippen molar-refractivity contribution < 1.29 is 20.1 Å². The highest BCUT2D eigenvalue weighted by molar-refractivity contribution is 6.34. The number of nitrogens with zero attached hydrogens (tertiary/aromatic N) is 4. The van der Waals surface area contributed by atoms with Crippen LogP contribution in [0, 0.1) is 11.3 Å². The lowest BCUT2D eigenvalue weighted by Crippen LogP contribution is -2.33. The average Bonchev–Trinajstić information content (AvgIpc) is 2.98. The van der Waals surface area contributed by atoms with Crippen molar-refractivity contribution in [2.24, 2.45) is 0 Å². The van der Waals surface area contributed by atoms with Gasteiger partial charge in [0.1, 0.15) is 29.5 Å². The van der Waals surface area contributed by atoms with Gasteiger partial charge in [-0.05, 0) is 0 Å². The average molecular weight is 326 g/mol. The van der Waals surface area contributed by atoms with Gasteiger partial charge in [-0.3, -0.25) is 0 Å². The number of ether oxygens (including phenoxy) is 1. The molecule has 116 valence electrons. The number of aliphatic hydroxyl groups excluding tert-OH is 3. The van der Waals surface area contributed by atoms with Crippen LogP contribution in [0.15, 0.2) is 6.20 Å². The molecule has 10 heteroatoms. The number of rotatable bonds is 2. The number of halogens is 1. The number of hydrogen-bond acceptors (Lipinski definition) is 8. The Kier molecular flexibility index (Phi) is 3.64. The maximum Gasteiger partial charge on any atom is 0.223 e. The van der Waals surface area contributed by atoms with E-state index in [0.717, 1.165) is 0 Å². The van der Waals surface area contributed by atoms with Crippen LogP contribution < -0.4 is 5.73 Å². The van der Waals surface area contributed by atoms with Gasteiger partial charge >= 0.3 is 0 Å². The highest BCUT2D eigenvalue weighted by Gasteiger charge is 2.44. The molecule has 1 aliphatic rings. The molecule has 3 heterocycles. The predicted octanol–water partition coefficient (Wildman–Crippen LogP) is -0.850. The van der Waals surface area contributed by atoms with Crippen LogP contribution in [0.3, 0.4) is 0 Å². The van der Waals surface area contributed by atoms with E-state index in [4.69, 9.17) is 27.2 Å². The molecule has 22 heavy (non-hydrogen) atoms. The maximum absolute atomic E-state index is 10.1. The molecule has 0 saturated carbocycles. The first-order valence-corrected chi connectivity index (χ1v) is 6.71. The van der Waals surface area contributed by atoms with Crippen LogP contribution in [0.25, 0.3) is 11.0 Å². The van der Waals surface area contributed by atoms with E-state index < -0.39 is 31.1 Å². The molecule has 5 N–H and O–H groups in total. The summed E-state index contributed by atoms with van der Waals surface area (Å²) in [6.45, 7) is -0.461. The van der Waals surface area contributed by atoms with Gasteiger partial charge in [-0.25, -0.2) is 4.98 Å². The SMILES string of the molecule is N#Cc1cn([C@@H]2O[C@H](CO)[C@@H](O)[C@@H]2O)c2nc(N)nc(Cl)c12. The van der Waals surface area contributed by atoms with Crippen molar-refractivity contribution in [3.63, 3.8) is 0 Å². The summed E-state index contributed by atoms with van der Waals surface area (Å²) in [5.41, 5.74) is 5.94. The molecule has 0 amide bonds. The van der Waals surface area contributed by atoms with Gasteiger partial charge in [0, 0.05) is 6.20 Å². The summed E-state index contributed by atoms with van der Waals surface area (Å²) in [5.74, 6) is -0.104. The molecule has 1 saturated heterocycles. The number of aliphatic hydroxyl groups is 3. The van der Waals surface area contributed by atoms with Gasteiger partial charge in [0.2, 0.25) is 5.95 Å². The van der Waals surface area contributed by atoms with Gasteiger partial charge in [-0.2, -0.15) is 10.2 Å². The largest absolute Gasteiger partial charge is 0.394 e. The fourth-order valence-electron chi connectivity index (χ4n) is 2.51. The van der Waals surface area contributed by atoms with Crippen LogP contribution in [0.1, 0.15) is 11.8 Å². The van der Waals surface area contributed by atoms with Crippen molar-refractivity contribution in [1.29, 1.82) is 5.26 Å². The molecule has 0 aliphatic carbocycles. The lowest BCUT2D eigenvalue weighted by Gasteiger charge is -2.17. The second kappa shape index (κ2) is 5.35. The molecule has 0 spiro atoms. The van der Waals surface area contributed by atoms with E-state index in [0.29, 0.717) is 0 Å². The first-order chi connectivity index (χ1) is 10.5. The van der Waals surface area contributed by atoms with Crippen molar-refractivity contribution in [2.45, 2.75) is 24.5 Å². The summed E-state index contributed by atoms with van der Waals surface area (Å²) in [7, 11) is 0.